The molecule has 1 amide bonds. The van der Waals surface area contributed by atoms with Gasteiger partial charge in [0, 0.05) is 31.2 Å². The van der Waals surface area contributed by atoms with Crippen molar-refractivity contribution < 1.29 is 9.53 Å². The first-order valence-electron chi connectivity index (χ1n) is 11.1. The molecule has 0 saturated carbocycles. The van der Waals surface area contributed by atoms with E-state index in [1.54, 1.807) is 0 Å². The second kappa shape index (κ2) is 9.02. The molecule has 3 aromatic rings. The van der Waals surface area contributed by atoms with Crippen molar-refractivity contribution in [3.8, 4) is 0 Å². The Balaban J connectivity index is 1.61. The van der Waals surface area contributed by atoms with Crippen LogP contribution in [-0.2, 0) is 11.3 Å². The summed E-state index contributed by atoms with van der Waals surface area (Å²) >= 11 is 6.08. The Morgan fingerprint density at radius 2 is 1.91 bits per heavy atom. The predicted molar refractivity (Wildman–Crippen MR) is 130 cm³/mol. The van der Waals surface area contributed by atoms with E-state index in [1.807, 2.05) is 68.1 Å². The fourth-order valence-electron chi connectivity index (χ4n) is 4.19. The highest BCUT2D eigenvalue weighted by Crippen LogP contribution is 2.27. The van der Waals surface area contributed by atoms with E-state index in [2.05, 4.69) is 22.6 Å². The van der Waals surface area contributed by atoms with E-state index in [-0.39, 0.29) is 12.1 Å². The standard InChI is InChI=1S/C25H31ClN4O2/c1-25(2,3)32-24(31)29-15-7-8-20(17-29)28(4)23-27-21-9-5-6-10-22(21)30(23)16-18-11-13-19(26)14-12-18/h5-6,9-14,20H,7-8,15-17H2,1-4H3. The zero-order chi connectivity index (χ0) is 22.9. The monoisotopic (exact) mass is 454 g/mol. The number of aromatic nitrogens is 2. The summed E-state index contributed by atoms with van der Waals surface area (Å²) in [5, 5.41) is 0.728. The van der Waals surface area contributed by atoms with Gasteiger partial charge in [0.05, 0.1) is 17.6 Å². The van der Waals surface area contributed by atoms with Gasteiger partial charge in [0.2, 0.25) is 5.95 Å². The van der Waals surface area contributed by atoms with Crippen LogP contribution in [0.25, 0.3) is 11.0 Å². The number of ether oxygens (including phenoxy) is 1. The highest BCUT2D eigenvalue weighted by Gasteiger charge is 2.31. The highest BCUT2D eigenvalue weighted by molar-refractivity contribution is 6.30. The van der Waals surface area contributed by atoms with Crippen molar-refractivity contribution in [2.45, 2.75) is 51.8 Å². The number of halogens is 1. The van der Waals surface area contributed by atoms with Crippen molar-refractivity contribution in [2.24, 2.45) is 0 Å². The lowest BCUT2D eigenvalue weighted by Gasteiger charge is -2.38. The summed E-state index contributed by atoms with van der Waals surface area (Å²) < 4.78 is 7.85. The van der Waals surface area contributed by atoms with Gasteiger partial charge in [0.15, 0.2) is 0 Å². The maximum absolute atomic E-state index is 12.6. The summed E-state index contributed by atoms with van der Waals surface area (Å²) in [4.78, 5) is 21.6. The second-order valence-corrected chi connectivity index (χ2v) is 9.88. The third-order valence-electron chi connectivity index (χ3n) is 5.80. The summed E-state index contributed by atoms with van der Waals surface area (Å²) in [5.74, 6) is 0.900. The SMILES string of the molecule is CN(c1nc2ccccc2n1Cc1ccc(Cl)cc1)C1CCCN(C(=O)OC(C)(C)C)C1. The largest absolute Gasteiger partial charge is 0.444 e. The molecule has 32 heavy (non-hydrogen) atoms. The van der Waals surface area contributed by atoms with Crippen molar-refractivity contribution in [3.63, 3.8) is 0 Å². The Morgan fingerprint density at radius 3 is 2.62 bits per heavy atom. The second-order valence-electron chi connectivity index (χ2n) is 9.45. The molecule has 170 valence electrons. The molecular formula is C25H31ClN4O2. The summed E-state index contributed by atoms with van der Waals surface area (Å²) in [7, 11) is 2.07. The number of amides is 1. The number of hydrogen-bond acceptors (Lipinski definition) is 4. The minimum absolute atomic E-state index is 0.164. The number of likely N-dealkylation sites (tertiary alicyclic amines) is 1. The smallest absolute Gasteiger partial charge is 0.410 e. The number of benzene rings is 2. The van der Waals surface area contributed by atoms with E-state index in [0.717, 1.165) is 47.0 Å². The van der Waals surface area contributed by atoms with Crippen LogP contribution in [0, 0.1) is 0 Å². The van der Waals surface area contributed by atoms with Gasteiger partial charge >= 0.3 is 6.09 Å². The van der Waals surface area contributed by atoms with Crippen molar-refractivity contribution in [3.05, 3.63) is 59.1 Å². The predicted octanol–water partition coefficient (Wildman–Crippen LogP) is 5.57. The summed E-state index contributed by atoms with van der Waals surface area (Å²) in [6.07, 6.45) is 1.69. The molecule has 0 aliphatic carbocycles. The summed E-state index contributed by atoms with van der Waals surface area (Å²) in [6.45, 7) is 7.74. The first-order chi connectivity index (χ1) is 15.2. The van der Waals surface area contributed by atoms with Crippen LogP contribution in [0.1, 0.15) is 39.2 Å². The lowest BCUT2D eigenvalue weighted by Crippen LogP contribution is -2.50. The van der Waals surface area contributed by atoms with Crippen molar-refractivity contribution in [1.82, 2.24) is 14.5 Å². The van der Waals surface area contributed by atoms with Crippen LogP contribution in [0.2, 0.25) is 5.02 Å². The Morgan fingerprint density at radius 1 is 1.19 bits per heavy atom. The molecule has 0 radical (unpaired) electrons. The van der Waals surface area contributed by atoms with E-state index in [0.29, 0.717) is 13.1 Å². The first-order valence-corrected chi connectivity index (χ1v) is 11.5. The number of piperidine rings is 1. The third kappa shape index (κ3) is 5.01. The fourth-order valence-corrected chi connectivity index (χ4v) is 4.31. The van der Waals surface area contributed by atoms with Crippen molar-refractivity contribution in [2.75, 3.05) is 25.0 Å². The van der Waals surface area contributed by atoms with Gasteiger partial charge < -0.3 is 19.1 Å². The van der Waals surface area contributed by atoms with Gasteiger partial charge in [-0.2, -0.15) is 0 Å². The van der Waals surface area contributed by atoms with Gasteiger partial charge in [-0.3, -0.25) is 0 Å². The molecule has 1 fully saturated rings. The maximum atomic E-state index is 12.6. The average Bonchev–Trinajstić information content (AvgIpc) is 3.12. The van der Waals surface area contributed by atoms with Crippen LogP contribution in [0.3, 0.4) is 0 Å². The number of rotatable bonds is 4. The minimum atomic E-state index is -0.498. The molecule has 2 aromatic carbocycles. The third-order valence-corrected chi connectivity index (χ3v) is 6.05. The number of carbonyl (C=O) groups is 1. The van der Waals surface area contributed by atoms with Crippen LogP contribution in [0.15, 0.2) is 48.5 Å². The number of nitrogens with zero attached hydrogens (tertiary/aromatic N) is 4. The van der Waals surface area contributed by atoms with E-state index in [1.165, 1.54) is 0 Å². The molecule has 0 N–H and O–H groups in total. The maximum Gasteiger partial charge on any atom is 0.410 e. The van der Waals surface area contributed by atoms with Crippen LogP contribution >= 0.6 is 11.6 Å². The van der Waals surface area contributed by atoms with Crippen LogP contribution in [0.4, 0.5) is 10.7 Å². The van der Waals surface area contributed by atoms with Gasteiger partial charge in [0.25, 0.3) is 0 Å². The molecule has 0 spiro atoms. The molecule has 1 unspecified atom stereocenters. The zero-order valence-corrected chi connectivity index (χ0v) is 20.0. The summed E-state index contributed by atoms with van der Waals surface area (Å²) in [6, 6.07) is 16.3. The molecular weight excluding hydrogens is 424 g/mol. The molecule has 1 atom stereocenters. The van der Waals surface area contributed by atoms with Gasteiger partial charge in [-0.25, -0.2) is 9.78 Å². The molecule has 1 aliphatic rings. The molecule has 4 rings (SSSR count). The Bertz CT molecular complexity index is 1090. The molecule has 1 saturated heterocycles. The number of anilines is 1. The highest BCUT2D eigenvalue weighted by atomic mass is 35.5. The lowest BCUT2D eigenvalue weighted by molar-refractivity contribution is 0.0199. The molecule has 0 bridgehead atoms. The minimum Gasteiger partial charge on any atom is -0.444 e. The van der Waals surface area contributed by atoms with E-state index in [4.69, 9.17) is 21.3 Å². The summed E-state index contributed by atoms with van der Waals surface area (Å²) in [5.41, 5.74) is 2.71. The topological polar surface area (TPSA) is 50.6 Å². The first kappa shape index (κ1) is 22.5. The van der Waals surface area contributed by atoms with Crippen LogP contribution < -0.4 is 4.90 Å². The Hall–Kier alpha value is -2.73. The van der Waals surface area contributed by atoms with Crippen molar-refractivity contribution in [1.29, 1.82) is 0 Å². The number of likely N-dealkylation sites (N-methyl/N-ethyl adjacent to an activating group) is 1. The quantitative estimate of drug-likeness (QED) is 0.516. The molecule has 7 heteroatoms. The van der Waals surface area contributed by atoms with Gasteiger partial charge in [-0.05, 0) is 63.4 Å². The molecule has 2 heterocycles. The van der Waals surface area contributed by atoms with E-state index < -0.39 is 5.60 Å². The average molecular weight is 455 g/mol. The number of imidazole rings is 1. The van der Waals surface area contributed by atoms with E-state index in [9.17, 15) is 4.79 Å². The number of fused-ring (bicyclic) bond motifs is 1. The Labute approximate surface area is 194 Å². The normalized spacial score (nSPS) is 16.9. The molecule has 6 nitrogen and oxygen atoms in total. The van der Waals surface area contributed by atoms with Crippen LogP contribution in [-0.4, -0.2) is 52.3 Å². The van der Waals surface area contributed by atoms with E-state index >= 15 is 0 Å². The zero-order valence-electron chi connectivity index (χ0n) is 19.2. The van der Waals surface area contributed by atoms with Gasteiger partial charge in [-0.15, -0.1) is 0 Å². The lowest BCUT2D eigenvalue weighted by atomic mass is 10.1. The van der Waals surface area contributed by atoms with Crippen molar-refractivity contribution >= 4 is 34.7 Å². The van der Waals surface area contributed by atoms with Crippen LogP contribution in [0.5, 0.6) is 0 Å². The fraction of sp³-hybridized carbons (Fsp3) is 0.440. The van der Waals surface area contributed by atoms with Gasteiger partial charge in [-0.1, -0.05) is 35.9 Å². The van der Waals surface area contributed by atoms with Gasteiger partial charge in [0.1, 0.15) is 5.60 Å². The molecule has 1 aliphatic heterocycles. The number of para-hydroxylation sites is 2. The number of carbonyl (C=O) groups excluding carboxylic acids is 1. The Kier molecular flexibility index (Phi) is 6.33. The number of hydrogen-bond donors (Lipinski definition) is 0. The molecule has 1 aromatic heterocycles.